The highest BCUT2D eigenvalue weighted by Crippen LogP contribution is 2.39. The van der Waals surface area contributed by atoms with Crippen LogP contribution in [0.4, 0.5) is 5.69 Å². The predicted octanol–water partition coefficient (Wildman–Crippen LogP) is 4.74. The van der Waals surface area contributed by atoms with E-state index in [0.717, 1.165) is 30.4 Å². The second-order valence-corrected chi connectivity index (χ2v) is 10.2. The van der Waals surface area contributed by atoms with Crippen LogP contribution in [0.15, 0.2) is 99.0 Å². The molecule has 0 spiro atoms. The molecular weight excluding hydrogens is 528 g/mol. The summed E-state index contributed by atoms with van der Waals surface area (Å²) in [5.74, 6) is -0.656. The van der Waals surface area contributed by atoms with Crippen molar-refractivity contribution in [3.63, 3.8) is 0 Å². The molecule has 1 amide bonds. The van der Waals surface area contributed by atoms with Crippen LogP contribution in [0, 0.1) is 0 Å². The molecule has 0 bridgehead atoms. The Hall–Kier alpha value is -4.32. The molecule has 5 aromatic rings. The number of aromatic hydroxyl groups is 1. The Morgan fingerprint density at radius 2 is 1.65 bits per heavy atom. The number of carbonyl (C=O) groups is 1. The highest BCUT2D eigenvalue weighted by atomic mass is 32.2. The van der Waals surface area contributed by atoms with Crippen LogP contribution in [0.2, 0.25) is 0 Å². The maximum atomic E-state index is 13.4. The average Bonchev–Trinajstić information content (AvgIpc) is 3.26. The fourth-order valence-electron chi connectivity index (χ4n) is 4.73. The number of benzene rings is 3. The number of fused-ring (bicyclic) bond motifs is 2. The molecule has 0 radical (unpaired) electrons. The van der Waals surface area contributed by atoms with Gasteiger partial charge in [-0.15, -0.1) is 10.2 Å². The van der Waals surface area contributed by atoms with Crippen LogP contribution in [0.3, 0.4) is 0 Å². The lowest BCUT2D eigenvalue weighted by atomic mass is 10.2. The number of ether oxygens (including phenoxy) is 1. The summed E-state index contributed by atoms with van der Waals surface area (Å²) in [5, 5.41) is 20.7. The average molecular weight is 555 g/mol. The fourth-order valence-corrected chi connectivity index (χ4v) is 5.52. The highest BCUT2D eigenvalue weighted by molar-refractivity contribution is 7.99. The monoisotopic (exact) mass is 554 g/mol. The summed E-state index contributed by atoms with van der Waals surface area (Å²) in [6.07, 6.45) is 0. The third-order valence-corrected chi connectivity index (χ3v) is 7.63. The van der Waals surface area contributed by atoms with E-state index in [9.17, 15) is 14.7 Å². The van der Waals surface area contributed by atoms with Crippen LogP contribution in [0.25, 0.3) is 27.5 Å². The van der Waals surface area contributed by atoms with E-state index >= 15 is 0 Å². The molecular formula is C29H26N6O4S. The zero-order valence-corrected chi connectivity index (χ0v) is 22.3. The van der Waals surface area contributed by atoms with Crippen LogP contribution < -0.4 is 5.56 Å². The number of aromatic nitrogens is 3. The predicted molar refractivity (Wildman–Crippen MR) is 154 cm³/mol. The Morgan fingerprint density at radius 1 is 0.950 bits per heavy atom. The summed E-state index contributed by atoms with van der Waals surface area (Å²) < 4.78 is 8.70. The van der Waals surface area contributed by atoms with Crippen molar-refractivity contribution in [2.75, 3.05) is 32.1 Å². The Kier molecular flexibility index (Phi) is 7.41. The summed E-state index contributed by atoms with van der Waals surface area (Å²) in [6.45, 7) is 3.27. The number of rotatable bonds is 7. The van der Waals surface area contributed by atoms with Gasteiger partial charge in [0.1, 0.15) is 0 Å². The minimum Gasteiger partial charge on any atom is -0.493 e. The second-order valence-electron chi connectivity index (χ2n) is 9.26. The van der Waals surface area contributed by atoms with Gasteiger partial charge < -0.3 is 9.84 Å². The van der Waals surface area contributed by atoms with Gasteiger partial charge >= 0.3 is 0 Å². The number of nitrogens with zero attached hydrogens (tertiary/aromatic N) is 6. The van der Waals surface area contributed by atoms with Gasteiger partial charge in [-0.2, -0.15) is 0 Å². The summed E-state index contributed by atoms with van der Waals surface area (Å²) in [6, 6.07) is 23.8. The molecule has 1 N–H and O–H groups in total. The fraction of sp³-hybridized carbons (Fsp3) is 0.207. The van der Waals surface area contributed by atoms with Gasteiger partial charge in [-0.25, -0.2) is 4.98 Å². The molecule has 10 nitrogen and oxygen atoms in total. The minimum absolute atomic E-state index is 0.0500. The van der Waals surface area contributed by atoms with E-state index in [0.29, 0.717) is 47.0 Å². The lowest BCUT2D eigenvalue weighted by molar-refractivity contribution is -0.115. The van der Waals surface area contributed by atoms with Crippen molar-refractivity contribution in [3.8, 4) is 11.6 Å². The SMILES string of the molecule is O=C(CSc1nc2ccccc2c(=O)n1-c1ccccc1)N=Nc1c(O)n(CN2CCOCC2)c2ccccc12. The van der Waals surface area contributed by atoms with E-state index in [1.807, 2.05) is 60.7 Å². The first-order valence-corrected chi connectivity index (χ1v) is 13.8. The molecule has 40 heavy (non-hydrogen) atoms. The number of hydrogen-bond donors (Lipinski definition) is 1. The topological polar surface area (TPSA) is 114 Å². The van der Waals surface area contributed by atoms with Crippen LogP contribution >= 0.6 is 11.8 Å². The molecule has 3 heterocycles. The first-order valence-electron chi connectivity index (χ1n) is 12.8. The van der Waals surface area contributed by atoms with Crippen molar-refractivity contribution in [2.45, 2.75) is 11.8 Å². The number of thioether (sulfide) groups is 1. The molecule has 0 atom stereocenters. The van der Waals surface area contributed by atoms with Crippen molar-refractivity contribution in [2.24, 2.45) is 10.2 Å². The third-order valence-electron chi connectivity index (χ3n) is 6.71. The van der Waals surface area contributed by atoms with E-state index in [4.69, 9.17) is 4.74 Å². The number of amides is 1. The number of azo groups is 1. The van der Waals surface area contributed by atoms with Gasteiger partial charge in [-0.05, 0) is 30.3 Å². The Labute approximate surface area is 233 Å². The molecule has 1 fully saturated rings. The zero-order valence-electron chi connectivity index (χ0n) is 21.5. The lowest BCUT2D eigenvalue weighted by Crippen LogP contribution is -2.37. The van der Waals surface area contributed by atoms with Crippen LogP contribution in [-0.2, 0) is 16.2 Å². The van der Waals surface area contributed by atoms with Crippen LogP contribution in [-0.4, -0.2) is 62.1 Å². The molecule has 1 saturated heterocycles. The Balaban J connectivity index is 1.26. The van der Waals surface area contributed by atoms with Gasteiger partial charge in [0.05, 0.1) is 47.7 Å². The van der Waals surface area contributed by atoms with E-state index in [1.165, 1.54) is 4.57 Å². The minimum atomic E-state index is -0.517. The van der Waals surface area contributed by atoms with Crippen LogP contribution in [0.5, 0.6) is 5.88 Å². The largest absolute Gasteiger partial charge is 0.493 e. The summed E-state index contributed by atoms with van der Waals surface area (Å²) >= 11 is 1.11. The van der Waals surface area contributed by atoms with Gasteiger partial charge in [-0.3, -0.25) is 23.6 Å². The molecule has 1 aliphatic heterocycles. The summed E-state index contributed by atoms with van der Waals surface area (Å²) in [5.41, 5.74) is 2.03. The number of para-hydroxylation sites is 3. The number of morpholine rings is 1. The molecule has 202 valence electrons. The molecule has 0 saturated carbocycles. The second kappa shape index (κ2) is 11.4. The van der Waals surface area contributed by atoms with Crippen molar-refractivity contribution < 1.29 is 14.6 Å². The first kappa shape index (κ1) is 25.9. The molecule has 11 heteroatoms. The first-order chi connectivity index (χ1) is 19.6. The van der Waals surface area contributed by atoms with Gasteiger partial charge in [0.15, 0.2) is 10.8 Å². The maximum absolute atomic E-state index is 13.4. The van der Waals surface area contributed by atoms with Crippen molar-refractivity contribution in [1.29, 1.82) is 0 Å². The molecule has 0 unspecified atom stereocenters. The normalized spacial score (nSPS) is 14.4. The van der Waals surface area contributed by atoms with E-state index in [-0.39, 0.29) is 22.9 Å². The third kappa shape index (κ3) is 5.14. The Bertz CT molecular complexity index is 1780. The summed E-state index contributed by atoms with van der Waals surface area (Å²) in [4.78, 5) is 33.0. The highest BCUT2D eigenvalue weighted by Gasteiger charge is 2.20. The zero-order chi connectivity index (χ0) is 27.5. The Morgan fingerprint density at radius 3 is 2.45 bits per heavy atom. The van der Waals surface area contributed by atoms with Crippen LogP contribution in [0.1, 0.15) is 0 Å². The number of carbonyl (C=O) groups excluding carboxylic acids is 1. The molecule has 6 rings (SSSR count). The van der Waals surface area contributed by atoms with E-state index in [1.54, 1.807) is 22.8 Å². The molecule has 0 aliphatic carbocycles. The smallest absolute Gasteiger partial charge is 0.275 e. The number of hydrogen-bond acceptors (Lipinski definition) is 8. The summed E-state index contributed by atoms with van der Waals surface area (Å²) in [7, 11) is 0. The van der Waals surface area contributed by atoms with Gasteiger partial charge in [0, 0.05) is 18.5 Å². The standard InChI is InChI=1S/C29H26N6O4S/c36-25(18-40-29-30-23-12-6-4-10-21(23)27(37)35(29)20-8-2-1-3-9-20)31-32-26-22-11-5-7-13-24(22)34(28(26)38)19-33-14-16-39-17-15-33/h1-13,38H,14-19H2. The van der Waals surface area contributed by atoms with Gasteiger partial charge in [-0.1, -0.05) is 60.3 Å². The lowest BCUT2D eigenvalue weighted by Gasteiger charge is -2.27. The van der Waals surface area contributed by atoms with E-state index in [2.05, 4.69) is 20.1 Å². The van der Waals surface area contributed by atoms with Gasteiger partial charge in [0.25, 0.3) is 11.5 Å². The quantitative estimate of drug-likeness (QED) is 0.176. The van der Waals surface area contributed by atoms with Crippen molar-refractivity contribution >= 4 is 45.2 Å². The molecule has 1 aliphatic rings. The van der Waals surface area contributed by atoms with Crippen molar-refractivity contribution in [1.82, 2.24) is 19.0 Å². The van der Waals surface area contributed by atoms with E-state index < -0.39 is 5.91 Å². The maximum Gasteiger partial charge on any atom is 0.275 e. The van der Waals surface area contributed by atoms with Crippen molar-refractivity contribution in [3.05, 3.63) is 89.2 Å². The molecule has 2 aromatic heterocycles. The molecule has 3 aromatic carbocycles. The van der Waals surface area contributed by atoms with Gasteiger partial charge in [0.2, 0.25) is 5.88 Å².